The minimum absolute atomic E-state index is 0.0208. The number of sulfonamides is 1. The SMILES string of the molecule is O=S(=O)(c1cccc(F)c1)N1CCn2ccnc2C1. The van der Waals surface area contributed by atoms with Gasteiger partial charge in [0.1, 0.15) is 11.6 Å². The molecule has 0 unspecified atom stereocenters. The maximum atomic E-state index is 13.2. The zero-order valence-corrected chi connectivity index (χ0v) is 10.8. The summed E-state index contributed by atoms with van der Waals surface area (Å²) in [6, 6.07) is 5.06. The van der Waals surface area contributed by atoms with E-state index < -0.39 is 15.8 Å². The van der Waals surface area contributed by atoms with Gasteiger partial charge in [-0.1, -0.05) is 6.07 Å². The Morgan fingerprint density at radius 3 is 2.89 bits per heavy atom. The lowest BCUT2D eigenvalue weighted by atomic mass is 10.4. The second-order valence-corrected chi connectivity index (χ2v) is 6.27. The predicted octanol–water partition coefficient (Wildman–Crippen LogP) is 1.23. The van der Waals surface area contributed by atoms with Crippen LogP contribution < -0.4 is 0 Å². The number of rotatable bonds is 2. The fourth-order valence-electron chi connectivity index (χ4n) is 2.13. The van der Waals surface area contributed by atoms with Gasteiger partial charge in [0.25, 0.3) is 0 Å². The molecule has 1 aliphatic heterocycles. The van der Waals surface area contributed by atoms with E-state index in [1.165, 1.54) is 22.5 Å². The second kappa shape index (κ2) is 4.43. The van der Waals surface area contributed by atoms with Crippen LogP contribution in [0, 0.1) is 5.82 Å². The Bertz CT molecular complexity index is 711. The molecule has 5 nitrogen and oxygen atoms in total. The van der Waals surface area contributed by atoms with E-state index in [0.717, 1.165) is 6.07 Å². The molecule has 0 N–H and O–H groups in total. The van der Waals surface area contributed by atoms with E-state index >= 15 is 0 Å². The minimum Gasteiger partial charge on any atom is -0.333 e. The molecule has 0 bridgehead atoms. The van der Waals surface area contributed by atoms with Gasteiger partial charge in [0.05, 0.1) is 11.4 Å². The van der Waals surface area contributed by atoms with Crippen molar-refractivity contribution in [2.45, 2.75) is 18.0 Å². The maximum Gasteiger partial charge on any atom is 0.243 e. The van der Waals surface area contributed by atoms with Crippen molar-refractivity contribution in [1.82, 2.24) is 13.9 Å². The van der Waals surface area contributed by atoms with Crippen molar-refractivity contribution in [3.05, 3.63) is 48.3 Å². The van der Waals surface area contributed by atoms with Gasteiger partial charge in [-0.3, -0.25) is 0 Å². The highest BCUT2D eigenvalue weighted by molar-refractivity contribution is 7.89. The molecule has 0 saturated heterocycles. The van der Waals surface area contributed by atoms with Gasteiger partial charge in [-0.15, -0.1) is 0 Å². The number of aromatic nitrogens is 2. The molecule has 1 aliphatic rings. The summed E-state index contributed by atoms with van der Waals surface area (Å²) >= 11 is 0. The van der Waals surface area contributed by atoms with Crippen LogP contribution in [0.3, 0.4) is 0 Å². The van der Waals surface area contributed by atoms with Crippen molar-refractivity contribution < 1.29 is 12.8 Å². The molecule has 3 rings (SSSR count). The highest BCUT2D eigenvalue weighted by Gasteiger charge is 2.28. The van der Waals surface area contributed by atoms with E-state index in [9.17, 15) is 12.8 Å². The van der Waals surface area contributed by atoms with Crippen molar-refractivity contribution in [3.63, 3.8) is 0 Å². The van der Waals surface area contributed by atoms with Gasteiger partial charge in [0.15, 0.2) is 0 Å². The lowest BCUT2D eigenvalue weighted by Crippen LogP contribution is -2.38. The van der Waals surface area contributed by atoms with Gasteiger partial charge >= 0.3 is 0 Å². The van der Waals surface area contributed by atoms with Crippen LogP contribution in [0.25, 0.3) is 0 Å². The molecule has 2 aromatic rings. The van der Waals surface area contributed by atoms with Gasteiger partial charge in [-0.2, -0.15) is 4.31 Å². The Hall–Kier alpha value is -1.73. The Kier molecular flexibility index (Phi) is 2.87. The zero-order valence-electron chi connectivity index (χ0n) is 10.0. The first-order valence-corrected chi connectivity index (χ1v) is 7.27. The third-order valence-corrected chi connectivity index (χ3v) is 4.98. The summed E-state index contributed by atoms with van der Waals surface area (Å²) in [6.45, 7) is 1.14. The van der Waals surface area contributed by atoms with Gasteiger partial charge < -0.3 is 4.57 Å². The smallest absolute Gasteiger partial charge is 0.243 e. The van der Waals surface area contributed by atoms with Crippen LogP contribution in [-0.4, -0.2) is 28.8 Å². The molecule has 0 spiro atoms. The normalized spacial score (nSPS) is 16.3. The Morgan fingerprint density at radius 1 is 1.26 bits per heavy atom. The molecule has 7 heteroatoms. The van der Waals surface area contributed by atoms with Crippen LogP contribution >= 0.6 is 0 Å². The van der Waals surface area contributed by atoms with Gasteiger partial charge in [0, 0.05) is 25.5 Å². The van der Waals surface area contributed by atoms with Crippen LogP contribution in [-0.2, 0) is 23.1 Å². The Morgan fingerprint density at radius 2 is 2.11 bits per heavy atom. The van der Waals surface area contributed by atoms with Crippen LogP contribution in [0.5, 0.6) is 0 Å². The summed E-state index contributed by atoms with van der Waals surface area (Å²) in [5.74, 6) is 0.144. The number of imidazole rings is 1. The second-order valence-electron chi connectivity index (χ2n) is 4.33. The summed E-state index contributed by atoms with van der Waals surface area (Å²) in [7, 11) is -3.67. The van der Waals surface area contributed by atoms with E-state index in [4.69, 9.17) is 0 Å². The lowest BCUT2D eigenvalue weighted by molar-refractivity contribution is 0.335. The molecule has 0 aliphatic carbocycles. The summed E-state index contributed by atoms with van der Waals surface area (Å²) in [5, 5.41) is 0. The third-order valence-electron chi connectivity index (χ3n) is 3.14. The molecule has 0 amide bonds. The molecule has 1 aromatic carbocycles. The van der Waals surface area contributed by atoms with Crippen LogP contribution in [0.2, 0.25) is 0 Å². The van der Waals surface area contributed by atoms with Crippen molar-refractivity contribution in [1.29, 1.82) is 0 Å². The van der Waals surface area contributed by atoms with Crippen LogP contribution in [0.15, 0.2) is 41.6 Å². The highest BCUT2D eigenvalue weighted by atomic mass is 32.2. The average Bonchev–Trinajstić information content (AvgIpc) is 2.85. The van der Waals surface area contributed by atoms with E-state index in [2.05, 4.69) is 4.98 Å². The number of nitrogens with zero attached hydrogens (tertiary/aromatic N) is 3. The van der Waals surface area contributed by atoms with E-state index in [-0.39, 0.29) is 11.4 Å². The first-order chi connectivity index (χ1) is 9.07. The van der Waals surface area contributed by atoms with Crippen molar-refractivity contribution in [2.75, 3.05) is 6.54 Å². The highest BCUT2D eigenvalue weighted by Crippen LogP contribution is 2.21. The van der Waals surface area contributed by atoms with Crippen molar-refractivity contribution in [2.24, 2.45) is 0 Å². The summed E-state index contributed by atoms with van der Waals surface area (Å²) in [6.07, 6.45) is 3.47. The molecule has 0 atom stereocenters. The predicted molar refractivity (Wildman–Crippen MR) is 66.2 cm³/mol. The maximum absolute atomic E-state index is 13.2. The lowest BCUT2D eigenvalue weighted by Gasteiger charge is -2.26. The first kappa shape index (κ1) is 12.3. The molecule has 100 valence electrons. The van der Waals surface area contributed by atoms with Crippen LogP contribution in [0.1, 0.15) is 5.82 Å². The molecule has 0 radical (unpaired) electrons. The van der Waals surface area contributed by atoms with Gasteiger partial charge in [0.2, 0.25) is 10.0 Å². The molecule has 19 heavy (non-hydrogen) atoms. The zero-order chi connectivity index (χ0) is 13.5. The largest absolute Gasteiger partial charge is 0.333 e. The topological polar surface area (TPSA) is 55.2 Å². The Labute approximate surface area is 110 Å². The van der Waals surface area contributed by atoms with E-state index in [1.807, 2.05) is 10.8 Å². The molecular formula is C12H12FN3O2S. The van der Waals surface area contributed by atoms with Crippen molar-refractivity contribution >= 4 is 10.0 Å². The molecular weight excluding hydrogens is 269 g/mol. The fourth-order valence-corrected chi connectivity index (χ4v) is 3.55. The van der Waals surface area contributed by atoms with Crippen LogP contribution in [0.4, 0.5) is 4.39 Å². The molecule has 0 fully saturated rings. The molecule has 0 saturated carbocycles. The molecule has 2 heterocycles. The number of halogens is 1. The standard InChI is InChI=1S/C12H12FN3O2S/c13-10-2-1-3-11(8-10)19(17,18)16-7-6-15-5-4-14-12(15)9-16/h1-5,8H,6-7,9H2. The number of fused-ring (bicyclic) bond motifs is 1. The fraction of sp³-hybridized carbons (Fsp3) is 0.250. The van der Waals surface area contributed by atoms with Crippen molar-refractivity contribution in [3.8, 4) is 0 Å². The minimum atomic E-state index is -3.67. The quantitative estimate of drug-likeness (QED) is 0.832. The van der Waals surface area contributed by atoms with E-state index in [1.54, 1.807) is 6.20 Å². The average molecular weight is 281 g/mol. The monoisotopic (exact) mass is 281 g/mol. The number of hydrogen-bond donors (Lipinski definition) is 0. The summed E-state index contributed by atoms with van der Waals surface area (Å²) in [4.78, 5) is 4.09. The summed E-state index contributed by atoms with van der Waals surface area (Å²) < 4.78 is 41.2. The summed E-state index contributed by atoms with van der Waals surface area (Å²) in [5.41, 5.74) is 0. The first-order valence-electron chi connectivity index (χ1n) is 5.83. The third kappa shape index (κ3) is 2.15. The molecule has 1 aromatic heterocycles. The van der Waals surface area contributed by atoms with Gasteiger partial charge in [-0.05, 0) is 18.2 Å². The number of hydrogen-bond acceptors (Lipinski definition) is 3. The van der Waals surface area contributed by atoms with Gasteiger partial charge in [-0.25, -0.2) is 17.8 Å². The van der Waals surface area contributed by atoms with E-state index in [0.29, 0.717) is 18.9 Å². The Balaban J connectivity index is 1.94. The number of benzene rings is 1.